The molecular weight excluding hydrogens is 172 g/mol. The van der Waals surface area contributed by atoms with E-state index in [2.05, 4.69) is 24.1 Å². The van der Waals surface area contributed by atoms with E-state index in [1.54, 1.807) is 0 Å². The lowest BCUT2D eigenvalue weighted by Gasteiger charge is -2.29. The van der Waals surface area contributed by atoms with Crippen molar-refractivity contribution in [2.45, 2.75) is 45.2 Å². The lowest BCUT2D eigenvalue weighted by Crippen LogP contribution is -2.29. The van der Waals surface area contributed by atoms with Gasteiger partial charge in [-0.1, -0.05) is 13.8 Å². The Morgan fingerprint density at radius 3 is 1.93 bits per heavy atom. The van der Waals surface area contributed by atoms with E-state index < -0.39 is 0 Å². The van der Waals surface area contributed by atoms with Gasteiger partial charge in [0, 0.05) is 5.41 Å². The van der Waals surface area contributed by atoms with Gasteiger partial charge in [0.15, 0.2) is 0 Å². The zero-order valence-electron chi connectivity index (χ0n) is 8.98. The molecule has 2 nitrogen and oxygen atoms in total. The smallest absolute Gasteiger partial charge is 0.0814 e. The quantitative estimate of drug-likeness (QED) is 0.525. The van der Waals surface area contributed by atoms with Gasteiger partial charge in [-0.05, 0) is 42.9 Å². The molecule has 4 bridgehead atoms. The fourth-order valence-electron chi connectivity index (χ4n) is 5.08. The SMILES string of the molecule is CC1(C)[C@H]2N=N[C@H]1[C@@H]1[C@H]3CC[C@@H](C3)[C@H]12. The average Bonchev–Trinajstić information content (AvgIpc) is 2.84. The van der Waals surface area contributed by atoms with E-state index in [4.69, 9.17) is 0 Å². The van der Waals surface area contributed by atoms with Crippen LogP contribution in [-0.4, -0.2) is 12.1 Å². The second-order valence-corrected chi connectivity index (χ2v) is 6.43. The average molecular weight is 190 g/mol. The van der Waals surface area contributed by atoms with Crippen LogP contribution in [0.25, 0.3) is 0 Å². The van der Waals surface area contributed by atoms with Crippen molar-refractivity contribution in [1.29, 1.82) is 0 Å². The summed E-state index contributed by atoms with van der Waals surface area (Å²) in [6, 6.07) is 1.15. The van der Waals surface area contributed by atoms with Crippen molar-refractivity contribution >= 4 is 0 Å². The second-order valence-electron chi connectivity index (χ2n) is 6.43. The minimum absolute atomic E-state index is 0.386. The van der Waals surface area contributed by atoms with Crippen LogP contribution < -0.4 is 0 Å². The van der Waals surface area contributed by atoms with E-state index in [0.717, 1.165) is 23.7 Å². The van der Waals surface area contributed by atoms with Crippen molar-refractivity contribution in [3.8, 4) is 0 Å². The number of azo groups is 1. The van der Waals surface area contributed by atoms with Crippen molar-refractivity contribution in [1.82, 2.24) is 0 Å². The third-order valence-electron chi connectivity index (χ3n) is 5.62. The molecule has 4 aliphatic rings. The maximum absolute atomic E-state index is 4.54. The van der Waals surface area contributed by atoms with Crippen LogP contribution in [0.4, 0.5) is 0 Å². The summed E-state index contributed by atoms with van der Waals surface area (Å²) in [7, 11) is 0. The van der Waals surface area contributed by atoms with E-state index in [-0.39, 0.29) is 0 Å². The molecular formula is C12H18N2. The van der Waals surface area contributed by atoms with Crippen LogP contribution >= 0.6 is 0 Å². The summed E-state index contributed by atoms with van der Waals surface area (Å²) in [6.07, 6.45) is 4.48. The summed E-state index contributed by atoms with van der Waals surface area (Å²) < 4.78 is 0. The van der Waals surface area contributed by atoms with E-state index in [1.807, 2.05) is 0 Å². The molecule has 14 heavy (non-hydrogen) atoms. The minimum atomic E-state index is 0.386. The molecule has 0 aromatic carbocycles. The van der Waals surface area contributed by atoms with Crippen LogP contribution in [0.3, 0.4) is 0 Å². The van der Waals surface area contributed by atoms with Crippen LogP contribution in [0.2, 0.25) is 0 Å². The van der Waals surface area contributed by atoms with Gasteiger partial charge < -0.3 is 0 Å². The van der Waals surface area contributed by atoms with Crippen LogP contribution in [0.1, 0.15) is 33.1 Å². The van der Waals surface area contributed by atoms with Gasteiger partial charge in [-0.3, -0.25) is 0 Å². The Labute approximate surface area is 85.2 Å². The van der Waals surface area contributed by atoms with Gasteiger partial charge in [-0.15, -0.1) is 0 Å². The van der Waals surface area contributed by atoms with Crippen LogP contribution in [0, 0.1) is 29.1 Å². The monoisotopic (exact) mass is 190 g/mol. The molecule has 3 saturated carbocycles. The molecule has 0 saturated heterocycles. The molecule has 3 fully saturated rings. The van der Waals surface area contributed by atoms with Gasteiger partial charge in [0.05, 0.1) is 12.1 Å². The Hall–Kier alpha value is -0.400. The molecule has 4 rings (SSSR count). The number of fused-ring (bicyclic) bond motifs is 9. The van der Waals surface area contributed by atoms with Gasteiger partial charge in [-0.2, -0.15) is 10.2 Å². The molecule has 3 aliphatic carbocycles. The highest BCUT2D eigenvalue weighted by atomic mass is 15.2. The fourth-order valence-corrected chi connectivity index (χ4v) is 5.08. The van der Waals surface area contributed by atoms with E-state index in [1.165, 1.54) is 19.3 Å². The molecule has 2 heteroatoms. The summed E-state index contributed by atoms with van der Waals surface area (Å²) in [5, 5.41) is 9.09. The summed E-state index contributed by atoms with van der Waals surface area (Å²) >= 11 is 0. The van der Waals surface area contributed by atoms with Crippen LogP contribution in [0.15, 0.2) is 10.2 Å². The van der Waals surface area contributed by atoms with Gasteiger partial charge in [-0.25, -0.2) is 0 Å². The number of hydrogen-bond acceptors (Lipinski definition) is 2. The van der Waals surface area contributed by atoms with Crippen molar-refractivity contribution in [2.75, 3.05) is 0 Å². The lowest BCUT2D eigenvalue weighted by atomic mass is 9.79. The molecule has 0 aromatic rings. The van der Waals surface area contributed by atoms with Gasteiger partial charge >= 0.3 is 0 Å². The molecule has 1 aliphatic heterocycles. The number of nitrogens with zero attached hydrogens (tertiary/aromatic N) is 2. The number of hydrogen-bond donors (Lipinski definition) is 0. The maximum Gasteiger partial charge on any atom is 0.0814 e. The van der Waals surface area contributed by atoms with Gasteiger partial charge in [0.1, 0.15) is 0 Å². The van der Waals surface area contributed by atoms with Crippen molar-refractivity contribution in [3.63, 3.8) is 0 Å². The zero-order valence-corrected chi connectivity index (χ0v) is 8.98. The Morgan fingerprint density at radius 2 is 1.43 bits per heavy atom. The largest absolute Gasteiger partial charge is 0.190 e. The first-order valence-corrected chi connectivity index (χ1v) is 6.09. The van der Waals surface area contributed by atoms with E-state index >= 15 is 0 Å². The first-order chi connectivity index (χ1) is 6.69. The number of rotatable bonds is 0. The summed E-state index contributed by atoms with van der Waals surface area (Å²) in [5.74, 6) is 3.87. The molecule has 6 atom stereocenters. The van der Waals surface area contributed by atoms with E-state index in [9.17, 15) is 0 Å². The van der Waals surface area contributed by atoms with Gasteiger partial charge in [0.2, 0.25) is 0 Å². The van der Waals surface area contributed by atoms with E-state index in [0.29, 0.717) is 17.5 Å². The molecule has 1 heterocycles. The Balaban J connectivity index is 1.83. The van der Waals surface area contributed by atoms with Crippen molar-refractivity contribution in [2.24, 2.45) is 39.3 Å². The third kappa shape index (κ3) is 0.627. The summed E-state index contributed by atoms with van der Waals surface area (Å²) in [6.45, 7) is 4.78. The first-order valence-electron chi connectivity index (χ1n) is 6.09. The van der Waals surface area contributed by atoms with Gasteiger partial charge in [0.25, 0.3) is 0 Å². The van der Waals surface area contributed by atoms with Crippen molar-refractivity contribution < 1.29 is 0 Å². The van der Waals surface area contributed by atoms with Crippen LogP contribution in [0.5, 0.6) is 0 Å². The van der Waals surface area contributed by atoms with Crippen molar-refractivity contribution in [3.05, 3.63) is 0 Å². The summed E-state index contributed by atoms with van der Waals surface area (Å²) in [5.41, 5.74) is 0.386. The molecule has 0 spiro atoms. The standard InChI is InChI=1S/C12H18N2/c1-12(2)10-8-6-3-4-7(5-6)9(8)11(12)14-13-10/h6-11H,3-5H2,1-2H3/t6-,7-,8+,9+,10-,11-/m0/s1. The minimum Gasteiger partial charge on any atom is -0.190 e. The predicted octanol–water partition coefficient (Wildman–Crippen LogP) is 2.89. The normalized spacial score (nSPS) is 61.0. The Morgan fingerprint density at radius 1 is 0.929 bits per heavy atom. The molecule has 0 N–H and O–H groups in total. The highest BCUT2D eigenvalue weighted by molar-refractivity contribution is 5.19. The molecule has 0 unspecified atom stereocenters. The predicted molar refractivity (Wildman–Crippen MR) is 54.0 cm³/mol. The second kappa shape index (κ2) is 2.07. The topological polar surface area (TPSA) is 24.7 Å². The highest BCUT2D eigenvalue weighted by Crippen LogP contribution is 2.66. The lowest BCUT2D eigenvalue weighted by molar-refractivity contribution is 0.209. The van der Waals surface area contributed by atoms with Crippen LogP contribution in [-0.2, 0) is 0 Å². The maximum atomic E-state index is 4.54. The Bertz CT molecular complexity index is 292. The molecule has 0 amide bonds. The highest BCUT2D eigenvalue weighted by Gasteiger charge is 2.67. The fraction of sp³-hybridized carbons (Fsp3) is 1.00. The molecule has 76 valence electrons. The summed E-state index contributed by atoms with van der Waals surface area (Å²) in [4.78, 5) is 0. The zero-order chi connectivity index (χ0) is 9.50. The Kier molecular flexibility index (Phi) is 1.16. The molecule has 0 aromatic heterocycles. The third-order valence-corrected chi connectivity index (χ3v) is 5.62. The molecule has 0 radical (unpaired) electrons. The first kappa shape index (κ1) is 7.84.